The lowest BCUT2D eigenvalue weighted by molar-refractivity contribution is 0.387. The standard InChI is InChI=1S/C17H22/c1-11(2)14-9-8-12(3)16-10-13-6-4-5-7-15(13)17(14)16/h4-7,11-12,14H,8-10H2,1-3H3/t12-,14+/m1/s1. The predicted octanol–water partition coefficient (Wildman–Crippen LogP) is 4.70. The SMILES string of the molecule is CC(C)[C@@H]1CC[C@@H](C)C2=C1c1ccccc1C2. The van der Waals surface area contributed by atoms with Crippen LogP contribution in [-0.4, -0.2) is 0 Å². The van der Waals surface area contributed by atoms with Crippen LogP contribution in [0.5, 0.6) is 0 Å². The van der Waals surface area contributed by atoms with Crippen molar-refractivity contribution in [3.8, 4) is 0 Å². The molecule has 0 radical (unpaired) electrons. The van der Waals surface area contributed by atoms with Crippen molar-refractivity contribution in [2.75, 3.05) is 0 Å². The molecule has 0 heteroatoms. The maximum atomic E-state index is 2.41. The van der Waals surface area contributed by atoms with Crippen LogP contribution in [0.3, 0.4) is 0 Å². The summed E-state index contributed by atoms with van der Waals surface area (Å²) >= 11 is 0. The largest absolute Gasteiger partial charge is 0.0622 e. The van der Waals surface area contributed by atoms with E-state index in [2.05, 4.69) is 45.0 Å². The molecule has 0 nitrogen and oxygen atoms in total. The first-order valence-electron chi connectivity index (χ1n) is 6.99. The molecule has 0 unspecified atom stereocenters. The van der Waals surface area contributed by atoms with Gasteiger partial charge in [0, 0.05) is 0 Å². The quantitative estimate of drug-likeness (QED) is 0.651. The second-order valence-electron chi connectivity index (χ2n) is 6.10. The molecule has 2 aliphatic carbocycles. The first-order chi connectivity index (χ1) is 8.18. The highest BCUT2D eigenvalue weighted by Crippen LogP contribution is 2.49. The highest BCUT2D eigenvalue weighted by atomic mass is 14.4. The lowest BCUT2D eigenvalue weighted by Crippen LogP contribution is -2.19. The normalized spacial score (nSPS) is 27.3. The Morgan fingerprint density at radius 3 is 2.65 bits per heavy atom. The van der Waals surface area contributed by atoms with Gasteiger partial charge in [0.05, 0.1) is 0 Å². The topological polar surface area (TPSA) is 0 Å². The average molecular weight is 226 g/mol. The first kappa shape index (κ1) is 11.1. The van der Waals surface area contributed by atoms with Gasteiger partial charge in [-0.1, -0.05) is 50.6 Å². The molecule has 0 saturated carbocycles. The van der Waals surface area contributed by atoms with Gasteiger partial charge in [0.25, 0.3) is 0 Å². The average Bonchev–Trinajstić information content (AvgIpc) is 2.69. The highest BCUT2D eigenvalue weighted by molar-refractivity contribution is 5.79. The Kier molecular flexibility index (Phi) is 2.61. The Balaban J connectivity index is 2.11. The lowest BCUT2D eigenvalue weighted by atomic mass is 9.73. The number of hydrogen-bond acceptors (Lipinski definition) is 0. The number of allylic oxidation sites excluding steroid dienone is 2. The number of hydrogen-bond donors (Lipinski definition) is 0. The van der Waals surface area contributed by atoms with E-state index in [0.29, 0.717) is 0 Å². The molecule has 0 N–H and O–H groups in total. The van der Waals surface area contributed by atoms with Crippen LogP contribution in [0.15, 0.2) is 29.8 Å². The molecule has 0 fully saturated rings. The zero-order valence-electron chi connectivity index (χ0n) is 11.2. The molecule has 90 valence electrons. The maximum Gasteiger partial charge on any atom is -0.00522 e. The molecule has 0 spiro atoms. The summed E-state index contributed by atoms with van der Waals surface area (Å²) in [4.78, 5) is 0. The summed E-state index contributed by atoms with van der Waals surface area (Å²) < 4.78 is 0. The second kappa shape index (κ2) is 4.01. The third-order valence-electron chi connectivity index (χ3n) is 4.72. The van der Waals surface area contributed by atoms with Gasteiger partial charge in [-0.3, -0.25) is 0 Å². The van der Waals surface area contributed by atoms with E-state index in [1.807, 2.05) is 0 Å². The zero-order chi connectivity index (χ0) is 12.0. The zero-order valence-corrected chi connectivity index (χ0v) is 11.2. The van der Waals surface area contributed by atoms with E-state index in [4.69, 9.17) is 0 Å². The smallest absolute Gasteiger partial charge is 0.00522 e. The van der Waals surface area contributed by atoms with E-state index in [-0.39, 0.29) is 0 Å². The fourth-order valence-corrected chi connectivity index (χ4v) is 3.70. The molecule has 0 aromatic heterocycles. The number of fused-ring (bicyclic) bond motifs is 2. The summed E-state index contributed by atoms with van der Waals surface area (Å²) in [6, 6.07) is 9.04. The van der Waals surface area contributed by atoms with Crippen LogP contribution in [0.25, 0.3) is 5.57 Å². The van der Waals surface area contributed by atoms with Crippen LogP contribution in [0.1, 0.15) is 44.7 Å². The summed E-state index contributed by atoms with van der Waals surface area (Å²) in [6.07, 6.45) is 3.98. The van der Waals surface area contributed by atoms with E-state index >= 15 is 0 Å². The second-order valence-corrected chi connectivity index (χ2v) is 6.10. The number of benzene rings is 1. The fourth-order valence-electron chi connectivity index (χ4n) is 3.70. The highest BCUT2D eigenvalue weighted by Gasteiger charge is 2.34. The van der Waals surface area contributed by atoms with Gasteiger partial charge in [-0.15, -0.1) is 0 Å². The Bertz CT molecular complexity index is 465. The molecular formula is C17H22. The third kappa shape index (κ3) is 1.66. The molecule has 1 aromatic carbocycles. The van der Waals surface area contributed by atoms with E-state index in [9.17, 15) is 0 Å². The Morgan fingerprint density at radius 2 is 1.88 bits per heavy atom. The molecule has 2 aliphatic rings. The molecule has 3 rings (SSSR count). The van der Waals surface area contributed by atoms with Crippen LogP contribution >= 0.6 is 0 Å². The van der Waals surface area contributed by atoms with Crippen molar-refractivity contribution >= 4 is 5.57 Å². The van der Waals surface area contributed by atoms with Crippen molar-refractivity contribution in [3.05, 3.63) is 41.0 Å². The van der Waals surface area contributed by atoms with Crippen LogP contribution in [0.4, 0.5) is 0 Å². The molecule has 17 heavy (non-hydrogen) atoms. The van der Waals surface area contributed by atoms with Crippen molar-refractivity contribution in [2.45, 2.75) is 40.0 Å². The minimum absolute atomic E-state index is 0.777. The van der Waals surface area contributed by atoms with Gasteiger partial charge < -0.3 is 0 Å². The summed E-state index contributed by atoms with van der Waals surface area (Å²) in [6.45, 7) is 7.18. The third-order valence-corrected chi connectivity index (χ3v) is 4.72. The van der Waals surface area contributed by atoms with Gasteiger partial charge in [-0.05, 0) is 53.7 Å². The van der Waals surface area contributed by atoms with Gasteiger partial charge >= 0.3 is 0 Å². The van der Waals surface area contributed by atoms with Gasteiger partial charge in [0.15, 0.2) is 0 Å². The fraction of sp³-hybridized carbons (Fsp3) is 0.529. The molecule has 0 bridgehead atoms. The Hall–Kier alpha value is -1.04. The Labute approximate surface area is 105 Å². The molecule has 0 aliphatic heterocycles. The van der Waals surface area contributed by atoms with Crippen molar-refractivity contribution in [1.82, 2.24) is 0 Å². The van der Waals surface area contributed by atoms with E-state index < -0.39 is 0 Å². The number of rotatable bonds is 1. The molecule has 2 atom stereocenters. The van der Waals surface area contributed by atoms with Crippen LogP contribution in [-0.2, 0) is 6.42 Å². The monoisotopic (exact) mass is 226 g/mol. The van der Waals surface area contributed by atoms with Crippen molar-refractivity contribution in [1.29, 1.82) is 0 Å². The predicted molar refractivity (Wildman–Crippen MR) is 73.8 cm³/mol. The van der Waals surface area contributed by atoms with Crippen LogP contribution < -0.4 is 0 Å². The summed E-state index contributed by atoms with van der Waals surface area (Å²) in [5, 5.41) is 0. The summed E-state index contributed by atoms with van der Waals surface area (Å²) in [7, 11) is 0. The van der Waals surface area contributed by atoms with Crippen molar-refractivity contribution < 1.29 is 0 Å². The van der Waals surface area contributed by atoms with Gasteiger partial charge in [-0.25, -0.2) is 0 Å². The van der Waals surface area contributed by atoms with Gasteiger partial charge in [0.2, 0.25) is 0 Å². The minimum atomic E-state index is 0.777. The molecule has 0 saturated heterocycles. The molecular weight excluding hydrogens is 204 g/mol. The van der Waals surface area contributed by atoms with E-state index in [1.165, 1.54) is 19.3 Å². The van der Waals surface area contributed by atoms with Crippen molar-refractivity contribution in [3.63, 3.8) is 0 Å². The molecule has 0 amide bonds. The van der Waals surface area contributed by atoms with E-state index in [1.54, 1.807) is 22.3 Å². The molecule has 1 aromatic rings. The summed E-state index contributed by atoms with van der Waals surface area (Å²) in [5.74, 6) is 2.37. The van der Waals surface area contributed by atoms with Crippen molar-refractivity contribution in [2.24, 2.45) is 17.8 Å². The Morgan fingerprint density at radius 1 is 1.12 bits per heavy atom. The van der Waals surface area contributed by atoms with E-state index in [0.717, 1.165) is 17.8 Å². The molecule has 0 heterocycles. The minimum Gasteiger partial charge on any atom is -0.0622 e. The maximum absolute atomic E-state index is 2.41. The van der Waals surface area contributed by atoms with Gasteiger partial charge in [0.1, 0.15) is 0 Å². The van der Waals surface area contributed by atoms with Crippen LogP contribution in [0.2, 0.25) is 0 Å². The summed E-state index contributed by atoms with van der Waals surface area (Å²) in [5.41, 5.74) is 6.59. The first-order valence-corrected chi connectivity index (χ1v) is 6.99. The van der Waals surface area contributed by atoms with Gasteiger partial charge in [-0.2, -0.15) is 0 Å². The van der Waals surface area contributed by atoms with Crippen LogP contribution in [0, 0.1) is 17.8 Å². The lowest BCUT2D eigenvalue weighted by Gasteiger charge is -2.32.